The summed E-state index contributed by atoms with van der Waals surface area (Å²) in [6.07, 6.45) is 4.30. The second-order valence-electron chi connectivity index (χ2n) is 9.05. The van der Waals surface area contributed by atoms with Crippen molar-refractivity contribution in [3.05, 3.63) is 23.8 Å². The van der Waals surface area contributed by atoms with Gasteiger partial charge in [-0.1, -0.05) is 0 Å². The predicted molar refractivity (Wildman–Crippen MR) is 121 cm³/mol. The number of hydrogen-bond acceptors (Lipinski definition) is 7. The second kappa shape index (κ2) is 12.6. The second-order valence-corrected chi connectivity index (χ2v) is 9.05. The lowest BCUT2D eigenvalue weighted by Crippen LogP contribution is -2.41. The first-order chi connectivity index (χ1) is 15.0. The molecule has 7 heteroatoms. The zero-order chi connectivity index (χ0) is 22.1. The van der Waals surface area contributed by atoms with Crippen LogP contribution < -0.4 is 9.47 Å². The molecule has 0 bridgehead atoms. The molecule has 0 aliphatic carbocycles. The van der Waals surface area contributed by atoms with Gasteiger partial charge in [-0.05, 0) is 69.8 Å². The van der Waals surface area contributed by atoms with Crippen molar-refractivity contribution in [3.8, 4) is 11.5 Å². The minimum Gasteiger partial charge on any atom is -0.497 e. The Morgan fingerprint density at radius 3 is 2.65 bits per heavy atom. The number of rotatable bonds is 11. The van der Waals surface area contributed by atoms with E-state index in [1.54, 1.807) is 7.11 Å². The minimum atomic E-state index is -0.559. The van der Waals surface area contributed by atoms with Crippen LogP contribution in [0.4, 0.5) is 0 Å². The molecule has 2 N–H and O–H groups in total. The average Bonchev–Trinajstić information content (AvgIpc) is 2.79. The zero-order valence-electron chi connectivity index (χ0n) is 19.2. The summed E-state index contributed by atoms with van der Waals surface area (Å²) < 4.78 is 16.9. The van der Waals surface area contributed by atoms with Crippen LogP contribution in [0.5, 0.6) is 11.5 Å². The summed E-state index contributed by atoms with van der Waals surface area (Å²) in [5.41, 5.74) is 1.07. The molecular weight excluding hydrogens is 396 g/mol. The Balaban J connectivity index is 1.49. The molecule has 2 saturated heterocycles. The van der Waals surface area contributed by atoms with E-state index < -0.39 is 6.10 Å². The summed E-state index contributed by atoms with van der Waals surface area (Å²) in [5, 5.41) is 20.1. The van der Waals surface area contributed by atoms with Crippen molar-refractivity contribution in [2.24, 2.45) is 5.92 Å². The van der Waals surface area contributed by atoms with Gasteiger partial charge in [0, 0.05) is 45.0 Å². The number of nitrogens with zero attached hydrogens (tertiary/aromatic N) is 2. The van der Waals surface area contributed by atoms with E-state index in [9.17, 15) is 10.2 Å². The Labute approximate surface area is 186 Å². The summed E-state index contributed by atoms with van der Waals surface area (Å²) in [6.45, 7) is 6.06. The SMILES string of the molecule is COc1ccc(OC[C@@H](O)CN2CCC(O)CC2)c(CN(C)CCC2CCOCC2)c1. The van der Waals surface area contributed by atoms with Crippen LogP contribution in [0.3, 0.4) is 0 Å². The number of likely N-dealkylation sites (tertiary alicyclic amines) is 1. The van der Waals surface area contributed by atoms with Gasteiger partial charge < -0.3 is 34.2 Å². The number of piperidine rings is 1. The van der Waals surface area contributed by atoms with Gasteiger partial charge >= 0.3 is 0 Å². The third-order valence-electron chi connectivity index (χ3n) is 6.43. The van der Waals surface area contributed by atoms with Crippen LogP contribution in [0.15, 0.2) is 18.2 Å². The van der Waals surface area contributed by atoms with Crippen LogP contribution in [0.25, 0.3) is 0 Å². The number of methoxy groups -OCH3 is 1. The molecule has 0 saturated carbocycles. The Morgan fingerprint density at radius 2 is 1.94 bits per heavy atom. The van der Waals surface area contributed by atoms with Crippen molar-refractivity contribution in [2.75, 3.05) is 60.2 Å². The highest BCUT2D eigenvalue weighted by atomic mass is 16.5. The van der Waals surface area contributed by atoms with Crippen molar-refractivity contribution in [2.45, 2.75) is 50.9 Å². The van der Waals surface area contributed by atoms with Crippen LogP contribution in [0.2, 0.25) is 0 Å². The van der Waals surface area contributed by atoms with E-state index in [1.807, 2.05) is 18.2 Å². The lowest BCUT2D eigenvalue weighted by Gasteiger charge is -2.31. The first-order valence-corrected chi connectivity index (χ1v) is 11.7. The van der Waals surface area contributed by atoms with Crippen molar-refractivity contribution in [1.29, 1.82) is 0 Å². The van der Waals surface area contributed by atoms with E-state index in [-0.39, 0.29) is 12.7 Å². The summed E-state index contributed by atoms with van der Waals surface area (Å²) in [5.74, 6) is 2.36. The summed E-state index contributed by atoms with van der Waals surface area (Å²) in [7, 11) is 3.82. The molecule has 7 nitrogen and oxygen atoms in total. The Bertz CT molecular complexity index is 645. The van der Waals surface area contributed by atoms with Crippen LogP contribution in [-0.4, -0.2) is 92.4 Å². The van der Waals surface area contributed by atoms with E-state index in [4.69, 9.17) is 14.2 Å². The van der Waals surface area contributed by atoms with Crippen LogP contribution >= 0.6 is 0 Å². The number of aliphatic hydroxyl groups is 2. The highest BCUT2D eigenvalue weighted by Gasteiger charge is 2.20. The highest BCUT2D eigenvalue weighted by molar-refractivity contribution is 5.40. The maximum absolute atomic E-state index is 10.5. The molecule has 2 aliphatic heterocycles. The third-order valence-corrected chi connectivity index (χ3v) is 6.43. The predicted octanol–water partition coefficient (Wildman–Crippen LogP) is 2.14. The fourth-order valence-corrected chi connectivity index (χ4v) is 4.39. The molecule has 2 aliphatic rings. The van der Waals surface area contributed by atoms with Gasteiger partial charge in [0.05, 0.1) is 13.2 Å². The number of β-amino-alcohol motifs (C(OH)–C–C–N with tert-alkyl or cyclic N) is 1. The molecule has 3 rings (SSSR count). The smallest absolute Gasteiger partial charge is 0.124 e. The molecule has 0 amide bonds. The first-order valence-electron chi connectivity index (χ1n) is 11.7. The largest absolute Gasteiger partial charge is 0.497 e. The van der Waals surface area contributed by atoms with Crippen molar-refractivity contribution >= 4 is 0 Å². The quantitative estimate of drug-likeness (QED) is 0.550. The van der Waals surface area contributed by atoms with E-state index in [0.29, 0.717) is 6.54 Å². The van der Waals surface area contributed by atoms with Crippen molar-refractivity contribution in [1.82, 2.24) is 9.80 Å². The van der Waals surface area contributed by atoms with Gasteiger partial charge in [-0.15, -0.1) is 0 Å². The summed E-state index contributed by atoms with van der Waals surface area (Å²) in [4.78, 5) is 4.52. The van der Waals surface area contributed by atoms with Gasteiger partial charge in [-0.25, -0.2) is 0 Å². The molecule has 176 valence electrons. The molecule has 1 aromatic carbocycles. The van der Waals surface area contributed by atoms with Gasteiger partial charge in [0.15, 0.2) is 0 Å². The van der Waals surface area contributed by atoms with E-state index in [1.165, 1.54) is 6.42 Å². The fraction of sp³-hybridized carbons (Fsp3) is 0.750. The van der Waals surface area contributed by atoms with E-state index >= 15 is 0 Å². The zero-order valence-corrected chi connectivity index (χ0v) is 19.2. The fourth-order valence-electron chi connectivity index (χ4n) is 4.39. The van der Waals surface area contributed by atoms with Crippen molar-refractivity contribution in [3.63, 3.8) is 0 Å². The topological polar surface area (TPSA) is 74.6 Å². The van der Waals surface area contributed by atoms with Gasteiger partial charge in [0.2, 0.25) is 0 Å². The molecule has 0 unspecified atom stereocenters. The molecule has 2 fully saturated rings. The summed E-state index contributed by atoms with van der Waals surface area (Å²) in [6, 6.07) is 5.86. The Hall–Kier alpha value is -1.38. The lowest BCUT2D eigenvalue weighted by atomic mass is 9.96. The molecule has 0 spiro atoms. The molecule has 2 heterocycles. The maximum Gasteiger partial charge on any atom is 0.124 e. The van der Waals surface area contributed by atoms with Crippen LogP contribution in [0, 0.1) is 5.92 Å². The standard InChI is InChI=1S/C24H40N2O5/c1-25(10-5-19-8-13-30-14-9-19)16-20-15-23(29-2)3-4-24(20)31-18-22(28)17-26-11-6-21(27)7-12-26/h3-4,15,19,21-22,27-28H,5-14,16-18H2,1-2H3/t22-/m0/s1. The highest BCUT2D eigenvalue weighted by Crippen LogP contribution is 2.26. The normalized spacial score (nSPS) is 20.2. The number of ether oxygens (including phenoxy) is 3. The van der Waals surface area contributed by atoms with Gasteiger partial charge in [-0.3, -0.25) is 0 Å². The Morgan fingerprint density at radius 1 is 1.19 bits per heavy atom. The molecule has 31 heavy (non-hydrogen) atoms. The van der Waals surface area contributed by atoms with E-state index in [2.05, 4.69) is 16.8 Å². The summed E-state index contributed by atoms with van der Waals surface area (Å²) >= 11 is 0. The first kappa shape index (κ1) is 24.3. The third kappa shape index (κ3) is 8.24. The Kier molecular flexibility index (Phi) is 9.87. The number of hydrogen-bond donors (Lipinski definition) is 2. The van der Waals surface area contributed by atoms with Crippen molar-refractivity contribution < 1.29 is 24.4 Å². The van der Waals surface area contributed by atoms with E-state index in [0.717, 1.165) is 88.1 Å². The molecule has 1 aromatic rings. The minimum absolute atomic E-state index is 0.199. The molecule has 1 atom stereocenters. The van der Waals surface area contributed by atoms with Crippen LogP contribution in [0.1, 0.15) is 37.7 Å². The molecule has 0 radical (unpaired) electrons. The maximum atomic E-state index is 10.5. The monoisotopic (exact) mass is 436 g/mol. The molecular formula is C24H40N2O5. The number of benzene rings is 1. The lowest BCUT2D eigenvalue weighted by molar-refractivity contribution is 0.0335. The van der Waals surface area contributed by atoms with Crippen LogP contribution in [-0.2, 0) is 11.3 Å². The number of aliphatic hydroxyl groups excluding tert-OH is 2. The van der Waals surface area contributed by atoms with Gasteiger partial charge in [0.1, 0.15) is 24.2 Å². The average molecular weight is 437 g/mol. The van der Waals surface area contributed by atoms with Gasteiger partial charge in [-0.2, -0.15) is 0 Å². The molecule has 0 aromatic heterocycles. The van der Waals surface area contributed by atoms with Gasteiger partial charge in [0.25, 0.3) is 0 Å².